The molecule has 1 aromatic carbocycles. The Morgan fingerprint density at radius 1 is 1.32 bits per heavy atom. The molecule has 19 heavy (non-hydrogen) atoms. The number of aromatic nitrogens is 1. The second-order valence-corrected chi connectivity index (χ2v) is 4.74. The van der Waals surface area contributed by atoms with Crippen LogP contribution in [-0.2, 0) is 0 Å². The Morgan fingerprint density at radius 3 is 2.74 bits per heavy atom. The first-order chi connectivity index (χ1) is 9.22. The number of hydrogen-bond donors (Lipinski definition) is 2. The highest BCUT2D eigenvalue weighted by Crippen LogP contribution is 2.22. The number of rotatable bonds is 3. The minimum atomic E-state index is -0.289. The van der Waals surface area contributed by atoms with Crippen molar-refractivity contribution in [3.8, 4) is 11.3 Å². The van der Waals surface area contributed by atoms with E-state index in [9.17, 15) is 4.79 Å². The lowest BCUT2D eigenvalue weighted by Gasteiger charge is -2.31. The second kappa shape index (κ2) is 4.85. The topological polar surface area (TPSA) is 75.4 Å². The minimum absolute atomic E-state index is 0.0411. The zero-order valence-electron chi connectivity index (χ0n) is 10.2. The summed E-state index contributed by atoms with van der Waals surface area (Å²) >= 11 is 0. The summed E-state index contributed by atoms with van der Waals surface area (Å²) in [5.74, 6) is 0.308. The summed E-state index contributed by atoms with van der Waals surface area (Å²) in [6.07, 6.45) is 0.923. The number of nitrogens with one attached hydrogen (secondary N) is 1. The van der Waals surface area contributed by atoms with Crippen LogP contribution in [0.25, 0.3) is 11.3 Å². The fraction of sp³-hybridized carbons (Fsp3) is 0.286. The van der Waals surface area contributed by atoms with Gasteiger partial charge >= 0.3 is 0 Å². The molecule has 1 aromatic heterocycles. The molecule has 1 heterocycles. The average molecular weight is 258 g/mol. The lowest BCUT2D eigenvalue weighted by Crippen LogP contribution is -2.46. The van der Waals surface area contributed by atoms with Crippen LogP contribution < -0.4 is 5.32 Å². The van der Waals surface area contributed by atoms with Crippen LogP contribution in [0.1, 0.15) is 23.3 Å². The van der Waals surface area contributed by atoms with E-state index in [4.69, 9.17) is 9.63 Å². The van der Waals surface area contributed by atoms with Gasteiger partial charge in [0.2, 0.25) is 0 Å². The summed E-state index contributed by atoms with van der Waals surface area (Å²) in [6, 6.07) is 11.2. The van der Waals surface area contributed by atoms with Crippen molar-refractivity contribution in [1.29, 1.82) is 0 Å². The normalized spacial score (nSPS) is 21.7. The van der Waals surface area contributed by atoms with E-state index in [1.54, 1.807) is 6.07 Å². The van der Waals surface area contributed by atoms with Gasteiger partial charge in [-0.15, -0.1) is 0 Å². The van der Waals surface area contributed by atoms with Crippen molar-refractivity contribution < 1.29 is 14.4 Å². The molecule has 2 aromatic rings. The number of hydrogen-bond acceptors (Lipinski definition) is 4. The number of carbonyl (C=O) groups is 1. The number of nitrogens with zero attached hydrogens (tertiary/aromatic N) is 1. The fourth-order valence-corrected chi connectivity index (χ4v) is 2.09. The van der Waals surface area contributed by atoms with Crippen molar-refractivity contribution >= 4 is 5.91 Å². The molecule has 0 spiro atoms. The minimum Gasteiger partial charge on any atom is -0.393 e. The summed E-state index contributed by atoms with van der Waals surface area (Å²) in [5, 5.41) is 15.7. The van der Waals surface area contributed by atoms with Gasteiger partial charge in [-0.05, 0) is 12.8 Å². The largest absolute Gasteiger partial charge is 0.393 e. The maximum atomic E-state index is 11.9. The Balaban J connectivity index is 1.69. The zero-order chi connectivity index (χ0) is 13.2. The highest BCUT2D eigenvalue weighted by molar-refractivity contribution is 5.93. The van der Waals surface area contributed by atoms with Crippen molar-refractivity contribution in [2.24, 2.45) is 0 Å². The van der Waals surface area contributed by atoms with Crippen LogP contribution in [0.5, 0.6) is 0 Å². The summed E-state index contributed by atoms with van der Waals surface area (Å²) < 4.78 is 5.17. The monoisotopic (exact) mass is 258 g/mol. The number of carbonyl (C=O) groups excluding carboxylic acids is 1. The lowest BCUT2D eigenvalue weighted by atomic mass is 9.89. The van der Waals surface area contributed by atoms with Crippen LogP contribution in [0.4, 0.5) is 0 Å². The second-order valence-electron chi connectivity index (χ2n) is 4.74. The molecule has 2 N–H and O–H groups in total. The summed E-state index contributed by atoms with van der Waals surface area (Å²) in [5.41, 5.74) is 1.15. The first-order valence-electron chi connectivity index (χ1n) is 6.23. The Labute approximate surface area is 110 Å². The number of aliphatic hydroxyl groups is 1. The van der Waals surface area contributed by atoms with Gasteiger partial charge in [-0.2, -0.15) is 0 Å². The van der Waals surface area contributed by atoms with E-state index in [-0.39, 0.29) is 23.7 Å². The smallest absolute Gasteiger partial charge is 0.273 e. The molecule has 3 rings (SSSR count). The number of benzene rings is 1. The Bertz CT molecular complexity index is 573. The molecular weight excluding hydrogens is 244 g/mol. The summed E-state index contributed by atoms with van der Waals surface area (Å²) in [6.45, 7) is 0. The third-order valence-corrected chi connectivity index (χ3v) is 3.25. The van der Waals surface area contributed by atoms with Crippen LogP contribution >= 0.6 is 0 Å². The SMILES string of the molecule is O=C(NC1CC(O)C1)c1cc(-c2ccccc2)on1. The van der Waals surface area contributed by atoms with Gasteiger partial charge in [0, 0.05) is 17.7 Å². The predicted octanol–water partition coefficient (Wildman–Crippen LogP) is 1.59. The van der Waals surface area contributed by atoms with Crippen LogP contribution in [0.15, 0.2) is 40.9 Å². The molecule has 0 unspecified atom stereocenters. The molecule has 0 atom stereocenters. The number of amides is 1. The predicted molar refractivity (Wildman–Crippen MR) is 68.4 cm³/mol. The Kier molecular flexibility index (Phi) is 3.05. The van der Waals surface area contributed by atoms with E-state index >= 15 is 0 Å². The van der Waals surface area contributed by atoms with E-state index in [1.807, 2.05) is 30.3 Å². The maximum absolute atomic E-state index is 11.9. The first-order valence-corrected chi connectivity index (χ1v) is 6.23. The lowest BCUT2D eigenvalue weighted by molar-refractivity contribution is 0.0559. The molecule has 1 fully saturated rings. The molecule has 0 bridgehead atoms. The van der Waals surface area contributed by atoms with Gasteiger partial charge in [-0.1, -0.05) is 35.5 Å². The number of aliphatic hydroxyl groups excluding tert-OH is 1. The molecule has 0 aliphatic heterocycles. The first kappa shape index (κ1) is 11.9. The van der Waals surface area contributed by atoms with Crippen LogP contribution in [-0.4, -0.2) is 28.3 Å². The van der Waals surface area contributed by atoms with E-state index in [0.717, 1.165) is 5.56 Å². The van der Waals surface area contributed by atoms with Gasteiger partial charge in [0.05, 0.1) is 6.10 Å². The third kappa shape index (κ3) is 2.51. The van der Waals surface area contributed by atoms with Gasteiger partial charge in [0.1, 0.15) is 0 Å². The van der Waals surface area contributed by atoms with Crippen molar-refractivity contribution in [3.05, 3.63) is 42.1 Å². The molecule has 1 amide bonds. The Hall–Kier alpha value is -2.14. The van der Waals surface area contributed by atoms with Gasteiger partial charge < -0.3 is 14.9 Å². The molecule has 1 aliphatic carbocycles. The molecule has 1 saturated carbocycles. The van der Waals surface area contributed by atoms with E-state index < -0.39 is 0 Å². The molecule has 98 valence electrons. The maximum Gasteiger partial charge on any atom is 0.273 e. The molecule has 0 saturated heterocycles. The molecule has 5 nitrogen and oxygen atoms in total. The highest BCUT2D eigenvalue weighted by atomic mass is 16.5. The van der Waals surface area contributed by atoms with E-state index in [2.05, 4.69) is 10.5 Å². The van der Waals surface area contributed by atoms with Crippen molar-refractivity contribution in [3.63, 3.8) is 0 Å². The third-order valence-electron chi connectivity index (χ3n) is 3.25. The van der Waals surface area contributed by atoms with Crippen LogP contribution in [0, 0.1) is 0 Å². The molecule has 5 heteroatoms. The van der Waals surface area contributed by atoms with E-state index in [1.165, 1.54) is 0 Å². The van der Waals surface area contributed by atoms with Crippen molar-refractivity contribution in [2.75, 3.05) is 0 Å². The quantitative estimate of drug-likeness (QED) is 0.876. The van der Waals surface area contributed by atoms with Crippen molar-refractivity contribution in [2.45, 2.75) is 25.0 Å². The summed E-state index contributed by atoms with van der Waals surface area (Å²) in [4.78, 5) is 11.9. The van der Waals surface area contributed by atoms with Gasteiger partial charge in [-0.25, -0.2) is 0 Å². The van der Waals surface area contributed by atoms with E-state index in [0.29, 0.717) is 18.6 Å². The van der Waals surface area contributed by atoms with Gasteiger partial charge in [-0.3, -0.25) is 4.79 Å². The standard InChI is InChI=1S/C14H14N2O3/c17-11-6-10(7-11)15-14(18)12-8-13(19-16-12)9-4-2-1-3-5-9/h1-5,8,10-11,17H,6-7H2,(H,15,18). The molecule has 0 radical (unpaired) electrons. The zero-order valence-corrected chi connectivity index (χ0v) is 10.2. The fourth-order valence-electron chi connectivity index (χ4n) is 2.09. The van der Waals surface area contributed by atoms with Gasteiger partial charge in [0.15, 0.2) is 11.5 Å². The van der Waals surface area contributed by atoms with Gasteiger partial charge in [0.25, 0.3) is 5.91 Å². The van der Waals surface area contributed by atoms with Crippen molar-refractivity contribution in [1.82, 2.24) is 10.5 Å². The average Bonchev–Trinajstić information content (AvgIpc) is 2.87. The van der Waals surface area contributed by atoms with Crippen LogP contribution in [0.3, 0.4) is 0 Å². The molecule has 1 aliphatic rings. The summed E-state index contributed by atoms with van der Waals surface area (Å²) in [7, 11) is 0. The Morgan fingerprint density at radius 2 is 2.05 bits per heavy atom. The van der Waals surface area contributed by atoms with Crippen LogP contribution in [0.2, 0.25) is 0 Å². The molecular formula is C14H14N2O3. The highest BCUT2D eigenvalue weighted by Gasteiger charge is 2.29.